The maximum Gasteiger partial charge on any atom is 0.400 e. The highest BCUT2D eigenvalue weighted by Gasteiger charge is 2.35. The van der Waals surface area contributed by atoms with Crippen LogP contribution in [0.5, 0.6) is 0 Å². The number of hydrogen-bond donors (Lipinski definition) is 0. The summed E-state index contributed by atoms with van der Waals surface area (Å²) in [5.41, 5.74) is 0.0864. The van der Waals surface area contributed by atoms with Gasteiger partial charge in [0.15, 0.2) is 11.5 Å². The molecule has 11 heteroatoms. The lowest BCUT2D eigenvalue weighted by molar-refractivity contribution is -0.105. The minimum absolute atomic E-state index is 0.0270. The Bertz CT molecular complexity index is 1010. The molecule has 1 aliphatic heterocycles. The average molecular weight is 479 g/mol. The van der Waals surface area contributed by atoms with Crippen LogP contribution in [-0.4, -0.2) is 53.1 Å². The van der Waals surface area contributed by atoms with Crippen molar-refractivity contribution in [3.05, 3.63) is 63.6 Å². The lowest BCUT2D eigenvalue weighted by atomic mass is 10.1. The highest BCUT2D eigenvalue weighted by molar-refractivity contribution is 7.85. The lowest BCUT2D eigenvalue weighted by Gasteiger charge is -2.47. The van der Waals surface area contributed by atoms with Crippen molar-refractivity contribution in [2.24, 2.45) is 0 Å². The van der Waals surface area contributed by atoms with Gasteiger partial charge in [0.25, 0.3) is 5.91 Å². The van der Waals surface area contributed by atoms with Gasteiger partial charge in [0, 0.05) is 21.5 Å². The largest absolute Gasteiger partial charge is 0.627 e. The van der Waals surface area contributed by atoms with Gasteiger partial charge in [-0.15, -0.1) is 0 Å². The van der Waals surface area contributed by atoms with Crippen LogP contribution in [-0.2, 0) is 10.8 Å². The number of nitrogens with zero attached hydrogens (tertiary/aromatic N) is 2. The predicted molar refractivity (Wildman–Crippen MR) is 111 cm³/mol. The predicted octanol–water partition coefficient (Wildman–Crippen LogP) is 4.42. The summed E-state index contributed by atoms with van der Waals surface area (Å²) in [4.78, 5) is 13.8. The van der Waals surface area contributed by atoms with Crippen molar-refractivity contribution >= 4 is 34.0 Å². The molecule has 1 atom stereocenters. The molecule has 0 spiro atoms. The number of carbonyl (C=O) groups excluding carboxylic acids is 1. The molecule has 0 radical (unpaired) electrons. The molecule has 5 nitrogen and oxygen atoms in total. The zero-order chi connectivity index (χ0) is 23.0. The first-order valence-corrected chi connectivity index (χ1v) is 11.0. The van der Waals surface area contributed by atoms with E-state index in [2.05, 4.69) is 0 Å². The molecule has 0 bridgehead atoms. The van der Waals surface area contributed by atoms with Crippen LogP contribution >= 0.6 is 11.6 Å². The molecule has 1 unspecified atom stereocenters. The fraction of sp³-hybridized carbons (Fsp3) is 0.350. The maximum absolute atomic E-state index is 14.6. The first kappa shape index (κ1) is 23.6. The Labute approximate surface area is 183 Å². The molecule has 2 aromatic rings. The van der Waals surface area contributed by atoms with Crippen LogP contribution in [0.4, 0.5) is 23.2 Å². The van der Waals surface area contributed by atoms with E-state index < -0.39 is 33.2 Å². The first-order valence-electron chi connectivity index (χ1n) is 9.28. The van der Waals surface area contributed by atoms with Crippen LogP contribution in [0.25, 0.3) is 0 Å². The maximum atomic E-state index is 14.6. The SMILES string of the molecule is Cc1cc(F)c([N+]2([O-])CCN(C(=O)c3ccc(Cl)cc3)CC2)cc1S(=O)CC(F)(F)F. The number of hydrogen-bond acceptors (Lipinski definition) is 3. The van der Waals surface area contributed by atoms with E-state index in [0.717, 1.165) is 12.1 Å². The zero-order valence-corrected chi connectivity index (χ0v) is 18.0. The molecule has 168 valence electrons. The first-order chi connectivity index (χ1) is 14.4. The summed E-state index contributed by atoms with van der Waals surface area (Å²) in [7, 11) is -2.46. The van der Waals surface area contributed by atoms with Crippen molar-refractivity contribution in [3.63, 3.8) is 0 Å². The number of amides is 1. The number of benzene rings is 2. The summed E-state index contributed by atoms with van der Waals surface area (Å²) in [6, 6.07) is 8.15. The fourth-order valence-corrected chi connectivity index (χ4v) is 4.67. The molecule has 2 aromatic carbocycles. The Balaban J connectivity index is 1.80. The van der Waals surface area contributed by atoms with Gasteiger partial charge in [0.05, 0.1) is 23.9 Å². The molecule has 1 saturated heterocycles. The minimum Gasteiger partial charge on any atom is -0.627 e. The van der Waals surface area contributed by atoms with E-state index in [4.69, 9.17) is 11.6 Å². The van der Waals surface area contributed by atoms with Crippen LogP contribution < -0.4 is 4.65 Å². The van der Waals surface area contributed by atoms with Crippen molar-refractivity contribution in [1.29, 1.82) is 0 Å². The van der Waals surface area contributed by atoms with Crippen LogP contribution in [0.15, 0.2) is 41.3 Å². The molecule has 31 heavy (non-hydrogen) atoms. The van der Waals surface area contributed by atoms with Crippen molar-refractivity contribution in [3.8, 4) is 0 Å². The van der Waals surface area contributed by atoms with Gasteiger partial charge in [0.1, 0.15) is 18.8 Å². The molecule has 3 rings (SSSR count). The summed E-state index contributed by atoms with van der Waals surface area (Å²) in [6.45, 7) is 1.02. The van der Waals surface area contributed by atoms with Crippen LogP contribution in [0.3, 0.4) is 0 Å². The Morgan fingerprint density at radius 1 is 1.19 bits per heavy atom. The summed E-state index contributed by atoms with van der Waals surface area (Å²) < 4.78 is 63.5. The van der Waals surface area contributed by atoms with E-state index in [1.165, 1.54) is 11.8 Å². The Kier molecular flexibility index (Phi) is 6.75. The van der Waals surface area contributed by atoms with Crippen LogP contribution in [0.1, 0.15) is 15.9 Å². The standard InChI is InChI=1S/C20H19ClF4N2O3S/c1-13-10-16(22)17(11-18(13)31(30)12-20(23,24)25)27(29)8-6-26(7-9-27)19(28)14-2-4-15(21)5-3-14/h2-5,10-11H,6-9,12H2,1H3. The molecule has 0 saturated carbocycles. The number of hydroxylamine groups is 2. The quantitative estimate of drug-likeness (QED) is 0.371. The van der Waals surface area contributed by atoms with Crippen molar-refractivity contribution < 1.29 is 26.6 Å². The van der Waals surface area contributed by atoms with E-state index >= 15 is 0 Å². The van der Waals surface area contributed by atoms with Crippen molar-refractivity contribution in [2.45, 2.75) is 18.0 Å². The third kappa shape index (κ3) is 5.43. The van der Waals surface area contributed by atoms with E-state index in [1.807, 2.05) is 0 Å². The van der Waals surface area contributed by atoms with Gasteiger partial charge in [-0.1, -0.05) is 11.6 Å². The van der Waals surface area contributed by atoms with E-state index in [9.17, 15) is 31.8 Å². The van der Waals surface area contributed by atoms with Gasteiger partial charge in [-0.3, -0.25) is 9.00 Å². The molecule has 1 fully saturated rings. The molecule has 1 amide bonds. The van der Waals surface area contributed by atoms with Gasteiger partial charge in [-0.05, 0) is 42.8 Å². The van der Waals surface area contributed by atoms with Gasteiger partial charge >= 0.3 is 6.18 Å². The number of piperazine rings is 1. The monoisotopic (exact) mass is 478 g/mol. The van der Waals surface area contributed by atoms with E-state index in [-0.39, 0.29) is 48.2 Å². The van der Waals surface area contributed by atoms with Gasteiger partial charge < -0.3 is 14.8 Å². The molecule has 1 heterocycles. The Hall–Kier alpha value is -2.01. The second kappa shape index (κ2) is 8.85. The third-order valence-electron chi connectivity index (χ3n) is 5.06. The average Bonchev–Trinajstić information content (AvgIpc) is 2.67. The fourth-order valence-electron chi connectivity index (χ4n) is 3.43. The van der Waals surface area contributed by atoms with Gasteiger partial charge in [-0.2, -0.15) is 13.2 Å². The third-order valence-corrected chi connectivity index (χ3v) is 6.84. The Morgan fingerprint density at radius 2 is 1.77 bits per heavy atom. The van der Waals surface area contributed by atoms with Crippen LogP contribution in [0, 0.1) is 17.9 Å². The Morgan fingerprint density at radius 3 is 2.32 bits per heavy atom. The number of alkyl halides is 3. The van der Waals surface area contributed by atoms with Gasteiger partial charge in [-0.25, -0.2) is 4.39 Å². The highest BCUT2D eigenvalue weighted by Crippen LogP contribution is 2.33. The minimum atomic E-state index is -4.66. The topological polar surface area (TPSA) is 60.4 Å². The van der Waals surface area contributed by atoms with E-state index in [0.29, 0.717) is 10.6 Å². The molecule has 0 N–H and O–H groups in total. The smallest absolute Gasteiger partial charge is 0.400 e. The van der Waals surface area contributed by atoms with Crippen LogP contribution in [0.2, 0.25) is 5.02 Å². The molecule has 0 aromatic heterocycles. The van der Waals surface area contributed by atoms with Crippen molar-refractivity contribution in [1.82, 2.24) is 9.55 Å². The molecule has 0 aliphatic carbocycles. The number of aryl methyl sites for hydroxylation is 1. The zero-order valence-electron chi connectivity index (χ0n) is 16.4. The van der Waals surface area contributed by atoms with E-state index in [1.54, 1.807) is 24.3 Å². The number of quaternary nitrogens is 1. The molecular formula is C20H19ClF4N2O3S. The normalized spacial score (nSPS) is 17.5. The number of rotatable bonds is 4. The number of carbonyl (C=O) groups is 1. The van der Waals surface area contributed by atoms with Gasteiger partial charge in [0.2, 0.25) is 0 Å². The second-order valence-corrected chi connectivity index (χ2v) is 9.17. The summed E-state index contributed by atoms with van der Waals surface area (Å²) >= 11 is 5.82. The highest BCUT2D eigenvalue weighted by atomic mass is 35.5. The number of halogens is 5. The molecular weight excluding hydrogens is 460 g/mol. The van der Waals surface area contributed by atoms with Crippen molar-refractivity contribution in [2.75, 3.05) is 31.9 Å². The summed E-state index contributed by atoms with van der Waals surface area (Å²) in [6.07, 6.45) is -4.66. The summed E-state index contributed by atoms with van der Waals surface area (Å²) in [5.74, 6) is -2.77. The summed E-state index contributed by atoms with van der Waals surface area (Å²) in [5, 5.41) is 13.8. The molecule has 1 aliphatic rings. The lowest BCUT2D eigenvalue weighted by Crippen LogP contribution is -2.58. The second-order valence-electron chi connectivity index (χ2n) is 7.31.